The summed E-state index contributed by atoms with van der Waals surface area (Å²) >= 11 is 1.67. The normalized spacial score (nSPS) is 12.0. The Kier molecular flexibility index (Phi) is 7.98. The molecule has 1 atom stereocenters. The van der Waals surface area contributed by atoms with Gasteiger partial charge < -0.3 is 16.4 Å². The van der Waals surface area contributed by atoms with Crippen LogP contribution in [0.3, 0.4) is 0 Å². The average molecular weight is 323 g/mol. The third kappa shape index (κ3) is 6.95. The van der Waals surface area contributed by atoms with Gasteiger partial charge in [-0.1, -0.05) is 13.8 Å². The van der Waals surface area contributed by atoms with Crippen molar-refractivity contribution in [2.45, 2.75) is 32.7 Å². The molecule has 0 aliphatic carbocycles. The van der Waals surface area contributed by atoms with Gasteiger partial charge in [0.25, 0.3) is 0 Å². The standard InChI is InChI=1S/C16H25N3O2S/c1-11(2)10-15(20)18-12-4-6-13(7-5-12)19-16(21)14(17)8-9-22-3/h4-7,11,14H,8-10,17H2,1-3H3,(H,18,20)(H,19,21)/t14-/m0/s1. The lowest BCUT2D eigenvalue weighted by molar-refractivity contribution is -0.118. The second-order valence-electron chi connectivity index (χ2n) is 5.60. The van der Waals surface area contributed by atoms with Crippen LogP contribution in [-0.2, 0) is 9.59 Å². The van der Waals surface area contributed by atoms with Gasteiger partial charge in [-0.05, 0) is 48.6 Å². The molecule has 0 aliphatic rings. The third-order valence-corrected chi connectivity index (χ3v) is 3.64. The molecule has 0 radical (unpaired) electrons. The molecule has 6 heteroatoms. The number of amides is 2. The number of thioether (sulfide) groups is 1. The van der Waals surface area contributed by atoms with Gasteiger partial charge in [0.15, 0.2) is 0 Å². The maximum atomic E-state index is 11.9. The van der Waals surface area contributed by atoms with Gasteiger partial charge in [0.1, 0.15) is 0 Å². The molecule has 5 nitrogen and oxygen atoms in total. The molecule has 2 amide bonds. The molecule has 0 spiro atoms. The van der Waals surface area contributed by atoms with E-state index in [0.29, 0.717) is 24.4 Å². The summed E-state index contributed by atoms with van der Waals surface area (Å²) in [5, 5.41) is 5.60. The Morgan fingerprint density at radius 3 is 2.18 bits per heavy atom. The molecular formula is C16H25N3O2S. The third-order valence-electron chi connectivity index (χ3n) is 3.00. The Morgan fingerprint density at radius 1 is 1.14 bits per heavy atom. The Balaban J connectivity index is 2.51. The van der Waals surface area contributed by atoms with Crippen molar-refractivity contribution in [1.29, 1.82) is 0 Å². The van der Waals surface area contributed by atoms with Crippen molar-refractivity contribution in [2.75, 3.05) is 22.6 Å². The maximum Gasteiger partial charge on any atom is 0.241 e. The maximum absolute atomic E-state index is 11.9. The summed E-state index contributed by atoms with van der Waals surface area (Å²) < 4.78 is 0. The Hall–Kier alpha value is -1.53. The zero-order valence-electron chi connectivity index (χ0n) is 13.4. The largest absolute Gasteiger partial charge is 0.326 e. The molecule has 0 aromatic heterocycles. The zero-order valence-corrected chi connectivity index (χ0v) is 14.2. The fourth-order valence-corrected chi connectivity index (χ4v) is 2.32. The summed E-state index contributed by atoms with van der Waals surface area (Å²) in [6, 6.07) is 6.54. The fourth-order valence-electron chi connectivity index (χ4n) is 1.83. The zero-order chi connectivity index (χ0) is 16.5. The van der Waals surface area contributed by atoms with Crippen LogP contribution in [0.15, 0.2) is 24.3 Å². The number of carbonyl (C=O) groups is 2. The fraction of sp³-hybridized carbons (Fsp3) is 0.500. The van der Waals surface area contributed by atoms with Gasteiger partial charge in [-0.15, -0.1) is 0 Å². The Bertz CT molecular complexity index is 489. The van der Waals surface area contributed by atoms with Gasteiger partial charge in [-0.25, -0.2) is 0 Å². The molecule has 22 heavy (non-hydrogen) atoms. The first kappa shape index (κ1) is 18.5. The molecule has 0 unspecified atom stereocenters. The highest BCUT2D eigenvalue weighted by molar-refractivity contribution is 7.98. The SMILES string of the molecule is CSCC[C@H](N)C(=O)Nc1ccc(NC(=O)CC(C)C)cc1. The van der Waals surface area contributed by atoms with Crippen LogP contribution in [0.1, 0.15) is 26.7 Å². The quantitative estimate of drug-likeness (QED) is 0.687. The number of nitrogens with one attached hydrogen (secondary N) is 2. The first-order valence-electron chi connectivity index (χ1n) is 7.37. The molecule has 0 aliphatic heterocycles. The van der Waals surface area contributed by atoms with Gasteiger partial charge in [0, 0.05) is 17.8 Å². The van der Waals surface area contributed by atoms with Crippen LogP contribution >= 0.6 is 11.8 Å². The minimum atomic E-state index is -0.502. The monoisotopic (exact) mass is 323 g/mol. The summed E-state index contributed by atoms with van der Waals surface area (Å²) in [5.41, 5.74) is 7.20. The van der Waals surface area contributed by atoms with Gasteiger partial charge >= 0.3 is 0 Å². The van der Waals surface area contributed by atoms with Gasteiger partial charge in [-0.2, -0.15) is 11.8 Å². The molecule has 0 saturated heterocycles. The van der Waals surface area contributed by atoms with E-state index in [-0.39, 0.29) is 11.8 Å². The summed E-state index contributed by atoms with van der Waals surface area (Å²) in [4.78, 5) is 23.6. The number of anilines is 2. The minimum Gasteiger partial charge on any atom is -0.326 e. The number of carbonyl (C=O) groups excluding carboxylic acids is 2. The van der Waals surface area contributed by atoms with Crippen molar-refractivity contribution >= 4 is 35.0 Å². The highest BCUT2D eigenvalue weighted by Gasteiger charge is 2.13. The smallest absolute Gasteiger partial charge is 0.241 e. The molecule has 1 rings (SSSR count). The topological polar surface area (TPSA) is 84.2 Å². The predicted molar refractivity (Wildman–Crippen MR) is 94.1 cm³/mol. The van der Waals surface area contributed by atoms with E-state index in [1.165, 1.54) is 0 Å². The van der Waals surface area contributed by atoms with Crippen LogP contribution in [0.5, 0.6) is 0 Å². The van der Waals surface area contributed by atoms with E-state index in [4.69, 9.17) is 5.73 Å². The Labute approximate surface area is 136 Å². The van der Waals surface area contributed by atoms with Crippen LogP contribution < -0.4 is 16.4 Å². The van der Waals surface area contributed by atoms with E-state index >= 15 is 0 Å². The van der Waals surface area contributed by atoms with Crippen molar-refractivity contribution in [1.82, 2.24) is 0 Å². The molecule has 1 aromatic rings. The lowest BCUT2D eigenvalue weighted by atomic mass is 10.1. The van der Waals surface area contributed by atoms with Crippen molar-refractivity contribution in [3.63, 3.8) is 0 Å². The lowest BCUT2D eigenvalue weighted by Crippen LogP contribution is -2.36. The van der Waals surface area contributed by atoms with E-state index < -0.39 is 6.04 Å². The van der Waals surface area contributed by atoms with Crippen LogP contribution in [-0.4, -0.2) is 29.9 Å². The van der Waals surface area contributed by atoms with E-state index in [9.17, 15) is 9.59 Å². The molecule has 0 heterocycles. The van der Waals surface area contributed by atoms with Crippen molar-refractivity contribution in [3.8, 4) is 0 Å². The van der Waals surface area contributed by atoms with E-state index in [2.05, 4.69) is 10.6 Å². The van der Waals surface area contributed by atoms with Crippen LogP contribution in [0.25, 0.3) is 0 Å². The second-order valence-corrected chi connectivity index (χ2v) is 6.59. The van der Waals surface area contributed by atoms with Crippen molar-refractivity contribution in [2.24, 2.45) is 11.7 Å². The summed E-state index contributed by atoms with van der Waals surface area (Å²) in [5.74, 6) is 0.980. The number of rotatable bonds is 8. The molecule has 1 aromatic carbocycles. The van der Waals surface area contributed by atoms with Gasteiger partial charge in [-0.3, -0.25) is 9.59 Å². The van der Waals surface area contributed by atoms with E-state index in [1.807, 2.05) is 20.1 Å². The van der Waals surface area contributed by atoms with Gasteiger partial charge in [0.05, 0.1) is 6.04 Å². The first-order valence-corrected chi connectivity index (χ1v) is 8.77. The number of hydrogen-bond acceptors (Lipinski definition) is 4. The average Bonchev–Trinajstić information content (AvgIpc) is 2.45. The van der Waals surface area contributed by atoms with E-state index in [1.54, 1.807) is 36.0 Å². The summed E-state index contributed by atoms with van der Waals surface area (Å²) in [7, 11) is 0. The minimum absolute atomic E-state index is 0.00845. The molecule has 122 valence electrons. The van der Waals surface area contributed by atoms with Crippen LogP contribution in [0.4, 0.5) is 11.4 Å². The summed E-state index contributed by atoms with van der Waals surface area (Å²) in [6.45, 7) is 4.00. The van der Waals surface area contributed by atoms with Crippen molar-refractivity contribution < 1.29 is 9.59 Å². The predicted octanol–water partition coefficient (Wildman–Crippen LogP) is 2.69. The molecule has 4 N–H and O–H groups in total. The van der Waals surface area contributed by atoms with Gasteiger partial charge in [0.2, 0.25) is 11.8 Å². The van der Waals surface area contributed by atoms with E-state index in [0.717, 1.165) is 11.4 Å². The van der Waals surface area contributed by atoms with Crippen LogP contribution in [0.2, 0.25) is 0 Å². The molecular weight excluding hydrogens is 298 g/mol. The molecule has 0 bridgehead atoms. The van der Waals surface area contributed by atoms with Crippen LogP contribution in [0, 0.1) is 5.92 Å². The molecule has 0 fully saturated rings. The summed E-state index contributed by atoms with van der Waals surface area (Å²) in [6.07, 6.45) is 3.12. The number of hydrogen-bond donors (Lipinski definition) is 3. The lowest BCUT2D eigenvalue weighted by Gasteiger charge is -2.12. The second kappa shape index (κ2) is 9.48. The number of benzene rings is 1. The first-order chi connectivity index (χ1) is 10.4. The Morgan fingerprint density at radius 2 is 1.68 bits per heavy atom. The highest BCUT2D eigenvalue weighted by Crippen LogP contribution is 2.15. The van der Waals surface area contributed by atoms with Crippen molar-refractivity contribution in [3.05, 3.63) is 24.3 Å². The highest BCUT2D eigenvalue weighted by atomic mass is 32.2. The number of nitrogens with two attached hydrogens (primary N) is 1. The molecule has 0 saturated carbocycles.